The van der Waals surface area contributed by atoms with Gasteiger partial charge in [0.15, 0.2) is 0 Å². The highest BCUT2D eigenvalue weighted by Crippen LogP contribution is 2.08. The van der Waals surface area contributed by atoms with Crippen molar-refractivity contribution in [2.45, 2.75) is 6.42 Å². The monoisotopic (exact) mass is 237 g/mol. The summed E-state index contributed by atoms with van der Waals surface area (Å²) in [5.74, 6) is -2.82. The van der Waals surface area contributed by atoms with Crippen LogP contribution in [0.4, 0.5) is 0 Å². The molecule has 1 rings (SSSR count). The summed E-state index contributed by atoms with van der Waals surface area (Å²) in [6.45, 7) is -0.0396. The van der Waals surface area contributed by atoms with Gasteiger partial charge in [-0.25, -0.2) is 4.79 Å². The molecule has 3 N–H and O–H groups in total. The van der Waals surface area contributed by atoms with E-state index in [9.17, 15) is 14.4 Å². The minimum atomic E-state index is -1.20. The third-order valence-corrected chi connectivity index (χ3v) is 2.03. The average molecular weight is 237 g/mol. The molecule has 17 heavy (non-hydrogen) atoms. The molecule has 0 saturated heterocycles. The highest BCUT2D eigenvalue weighted by atomic mass is 16.4. The fourth-order valence-electron chi connectivity index (χ4n) is 1.25. The number of aliphatic carboxylic acids is 1. The number of aromatic carboxylic acids is 1. The Balaban J connectivity index is 2.75. The van der Waals surface area contributed by atoms with Crippen LogP contribution in [0.5, 0.6) is 0 Å². The first-order chi connectivity index (χ1) is 8.02. The summed E-state index contributed by atoms with van der Waals surface area (Å²) in [6, 6.07) is 5.74. The predicted octanol–water partition coefficient (Wildman–Crippen LogP) is 0.589. The lowest BCUT2D eigenvalue weighted by Gasteiger charge is -2.06. The van der Waals surface area contributed by atoms with E-state index in [2.05, 4.69) is 5.32 Å². The van der Waals surface area contributed by atoms with Crippen LogP contribution >= 0.6 is 0 Å². The van der Waals surface area contributed by atoms with Crippen molar-refractivity contribution in [2.75, 3.05) is 6.54 Å². The standard InChI is InChI=1S/C11H11NO5/c13-9(14)5-6-12-10(15)7-3-1-2-4-8(7)11(16)17/h1-4H,5-6H2,(H,12,15)(H,13,14)(H,16,17). The van der Waals surface area contributed by atoms with Crippen LogP contribution in [0.2, 0.25) is 0 Å². The summed E-state index contributed by atoms with van der Waals surface area (Å²) in [7, 11) is 0. The lowest BCUT2D eigenvalue weighted by atomic mass is 10.1. The minimum absolute atomic E-state index is 0.0189. The number of carboxylic acid groups (broad SMARTS) is 2. The van der Waals surface area contributed by atoms with E-state index >= 15 is 0 Å². The number of amides is 1. The van der Waals surface area contributed by atoms with Crippen LogP contribution in [0.1, 0.15) is 27.1 Å². The van der Waals surface area contributed by atoms with Crippen LogP contribution in [0.25, 0.3) is 0 Å². The molecule has 1 aromatic carbocycles. The maximum Gasteiger partial charge on any atom is 0.336 e. The van der Waals surface area contributed by atoms with Gasteiger partial charge < -0.3 is 15.5 Å². The van der Waals surface area contributed by atoms with Crippen molar-refractivity contribution in [1.29, 1.82) is 0 Å². The summed E-state index contributed by atoms with van der Waals surface area (Å²) in [5, 5.41) is 19.6. The molecule has 0 spiro atoms. The quantitative estimate of drug-likeness (QED) is 0.695. The van der Waals surface area contributed by atoms with Crippen molar-refractivity contribution in [3.05, 3.63) is 35.4 Å². The largest absolute Gasteiger partial charge is 0.481 e. The Morgan fingerprint density at radius 2 is 1.65 bits per heavy atom. The van der Waals surface area contributed by atoms with Crippen LogP contribution in [0, 0.1) is 0 Å². The van der Waals surface area contributed by atoms with Crippen LogP contribution in [0.3, 0.4) is 0 Å². The van der Waals surface area contributed by atoms with Crippen molar-refractivity contribution in [1.82, 2.24) is 5.32 Å². The van der Waals surface area contributed by atoms with Gasteiger partial charge in [0.05, 0.1) is 17.5 Å². The third-order valence-electron chi connectivity index (χ3n) is 2.03. The minimum Gasteiger partial charge on any atom is -0.481 e. The molecule has 0 aliphatic heterocycles. The van der Waals surface area contributed by atoms with Crippen LogP contribution in [-0.2, 0) is 4.79 Å². The van der Waals surface area contributed by atoms with Gasteiger partial charge >= 0.3 is 11.9 Å². The maximum absolute atomic E-state index is 11.6. The van der Waals surface area contributed by atoms with E-state index in [-0.39, 0.29) is 24.1 Å². The molecule has 1 amide bonds. The van der Waals surface area contributed by atoms with Gasteiger partial charge in [-0.3, -0.25) is 9.59 Å². The van der Waals surface area contributed by atoms with Crippen LogP contribution in [0.15, 0.2) is 24.3 Å². The van der Waals surface area contributed by atoms with Crippen molar-refractivity contribution < 1.29 is 24.6 Å². The molecule has 0 bridgehead atoms. The summed E-state index contributed by atoms with van der Waals surface area (Å²) < 4.78 is 0. The molecule has 0 aliphatic rings. The first-order valence-electron chi connectivity index (χ1n) is 4.84. The third kappa shape index (κ3) is 3.60. The Bertz CT molecular complexity index is 455. The van der Waals surface area contributed by atoms with Gasteiger partial charge in [0.25, 0.3) is 5.91 Å². The molecule has 1 aromatic rings. The van der Waals surface area contributed by atoms with Crippen molar-refractivity contribution in [2.24, 2.45) is 0 Å². The second-order valence-corrected chi connectivity index (χ2v) is 3.25. The van der Waals surface area contributed by atoms with E-state index in [0.29, 0.717) is 0 Å². The van der Waals surface area contributed by atoms with Crippen molar-refractivity contribution in [3.8, 4) is 0 Å². The van der Waals surface area contributed by atoms with Gasteiger partial charge in [0.1, 0.15) is 0 Å². The molecule has 0 atom stereocenters. The molecular weight excluding hydrogens is 226 g/mol. The number of nitrogens with one attached hydrogen (secondary N) is 1. The van der Waals surface area contributed by atoms with E-state index in [1.54, 1.807) is 6.07 Å². The SMILES string of the molecule is O=C(O)CCNC(=O)c1ccccc1C(=O)O. The van der Waals surface area contributed by atoms with Gasteiger partial charge in [-0.05, 0) is 12.1 Å². The van der Waals surface area contributed by atoms with E-state index in [1.165, 1.54) is 18.2 Å². The number of carbonyl (C=O) groups is 3. The highest BCUT2D eigenvalue weighted by Gasteiger charge is 2.15. The smallest absolute Gasteiger partial charge is 0.336 e. The first-order valence-corrected chi connectivity index (χ1v) is 4.84. The molecule has 0 aromatic heterocycles. The maximum atomic E-state index is 11.6. The Morgan fingerprint density at radius 1 is 1.06 bits per heavy atom. The molecule has 0 radical (unpaired) electrons. The lowest BCUT2D eigenvalue weighted by molar-refractivity contribution is -0.136. The molecule has 0 unspecified atom stereocenters. The number of carbonyl (C=O) groups excluding carboxylic acids is 1. The van der Waals surface area contributed by atoms with Gasteiger partial charge in [0, 0.05) is 6.54 Å². The number of benzene rings is 1. The van der Waals surface area contributed by atoms with Crippen molar-refractivity contribution >= 4 is 17.8 Å². The van der Waals surface area contributed by atoms with Gasteiger partial charge in [-0.1, -0.05) is 12.1 Å². The summed E-state index contributed by atoms with van der Waals surface area (Å²) >= 11 is 0. The van der Waals surface area contributed by atoms with E-state index in [4.69, 9.17) is 10.2 Å². The van der Waals surface area contributed by atoms with Gasteiger partial charge in [-0.15, -0.1) is 0 Å². The molecular formula is C11H11NO5. The molecule has 0 saturated carbocycles. The molecule has 6 nitrogen and oxygen atoms in total. The number of hydrogen-bond acceptors (Lipinski definition) is 3. The first kappa shape index (κ1) is 12.7. The molecule has 90 valence electrons. The molecule has 0 aliphatic carbocycles. The Kier molecular flexibility index (Phi) is 4.21. The van der Waals surface area contributed by atoms with E-state index in [0.717, 1.165) is 0 Å². The van der Waals surface area contributed by atoms with E-state index < -0.39 is 17.8 Å². The zero-order valence-corrected chi connectivity index (χ0v) is 8.84. The summed E-state index contributed by atoms with van der Waals surface area (Å²) in [6.07, 6.45) is -0.207. The van der Waals surface area contributed by atoms with Gasteiger partial charge in [0.2, 0.25) is 0 Å². The zero-order valence-electron chi connectivity index (χ0n) is 8.84. The second kappa shape index (κ2) is 5.64. The lowest BCUT2D eigenvalue weighted by Crippen LogP contribution is -2.27. The van der Waals surface area contributed by atoms with Gasteiger partial charge in [-0.2, -0.15) is 0 Å². The normalized spacial score (nSPS) is 9.65. The van der Waals surface area contributed by atoms with Crippen LogP contribution in [-0.4, -0.2) is 34.6 Å². The number of rotatable bonds is 5. The van der Waals surface area contributed by atoms with Crippen LogP contribution < -0.4 is 5.32 Å². The molecule has 0 heterocycles. The Labute approximate surface area is 96.9 Å². The summed E-state index contributed by atoms with van der Waals surface area (Å²) in [4.78, 5) is 32.7. The van der Waals surface area contributed by atoms with Crippen molar-refractivity contribution in [3.63, 3.8) is 0 Å². The van der Waals surface area contributed by atoms with E-state index in [1.807, 2.05) is 0 Å². The number of hydrogen-bond donors (Lipinski definition) is 3. The topological polar surface area (TPSA) is 104 Å². The Hall–Kier alpha value is -2.37. The predicted molar refractivity (Wildman–Crippen MR) is 58.0 cm³/mol. The summed E-state index contributed by atoms with van der Waals surface area (Å²) in [5.41, 5.74) is -0.0919. The number of carboxylic acids is 2. The molecule has 6 heteroatoms. The fourth-order valence-corrected chi connectivity index (χ4v) is 1.25. The average Bonchev–Trinajstić information content (AvgIpc) is 2.28. The Morgan fingerprint density at radius 3 is 2.18 bits per heavy atom. The molecule has 0 fully saturated rings. The zero-order chi connectivity index (χ0) is 12.8. The fraction of sp³-hybridized carbons (Fsp3) is 0.182. The highest BCUT2D eigenvalue weighted by molar-refractivity contribution is 6.04. The second-order valence-electron chi connectivity index (χ2n) is 3.25.